The van der Waals surface area contributed by atoms with Crippen molar-refractivity contribution in [3.05, 3.63) is 59.4 Å². The molecule has 6 heteroatoms. The molecule has 0 aliphatic carbocycles. The fourth-order valence-electron chi connectivity index (χ4n) is 2.39. The molecule has 0 spiro atoms. The summed E-state index contributed by atoms with van der Waals surface area (Å²) in [5.74, 6) is 1.03. The molecule has 0 bridgehead atoms. The number of rotatable bonds is 5. The van der Waals surface area contributed by atoms with Crippen molar-refractivity contribution < 1.29 is 0 Å². The van der Waals surface area contributed by atoms with E-state index in [1.54, 1.807) is 12.3 Å². The molecule has 0 radical (unpaired) electrons. The third-order valence-corrected chi connectivity index (χ3v) is 3.94. The Labute approximate surface area is 146 Å². The quantitative estimate of drug-likeness (QED) is 0.712. The molecule has 1 N–H and O–H groups in total. The minimum absolute atomic E-state index is 0.243. The highest BCUT2D eigenvalue weighted by Crippen LogP contribution is 2.21. The van der Waals surface area contributed by atoms with E-state index in [4.69, 9.17) is 0 Å². The average molecular weight is 330 g/mol. The van der Waals surface area contributed by atoms with Gasteiger partial charge in [0, 0.05) is 11.3 Å². The highest BCUT2D eigenvalue weighted by Gasteiger charge is 2.09. The predicted molar refractivity (Wildman–Crippen MR) is 102 cm³/mol. The first-order valence-corrected chi connectivity index (χ1v) is 7.76. The molecule has 0 atom stereocenters. The number of H-pyrrole nitrogens is 1. The van der Waals surface area contributed by atoms with E-state index >= 15 is 0 Å². The molecule has 1 aromatic carbocycles. The van der Waals surface area contributed by atoms with E-state index in [1.165, 1.54) is 0 Å². The molecule has 2 aromatic heterocycles. The standard InChI is InChI=1S/C19H18N6/c1-5-15-12(2)13(3)16(22-15)11-21-19-24-17(23-18(20-4)25-19)14-9-7-6-8-10-14/h5-11,22H,1,4H2,2-3H3. The van der Waals surface area contributed by atoms with Gasteiger partial charge in [0.25, 0.3) is 11.9 Å². The molecule has 0 saturated heterocycles. The van der Waals surface area contributed by atoms with Crippen molar-refractivity contribution in [2.45, 2.75) is 13.8 Å². The molecule has 0 aliphatic heterocycles. The fourth-order valence-corrected chi connectivity index (χ4v) is 2.39. The summed E-state index contributed by atoms with van der Waals surface area (Å²) >= 11 is 0. The van der Waals surface area contributed by atoms with Crippen LogP contribution in [0.1, 0.15) is 22.5 Å². The number of aromatic nitrogens is 4. The molecule has 0 unspecified atom stereocenters. The van der Waals surface area contributed by atoms with Crippen LogP contribution in [0, 0.1) is 13.8 Å². The number of hydrogen-bond donors (Lipinski definition) is 1. The molecule has 3 rings (SSSR count). The maximum atomic E-state index is 4.40. The van der Waals surface area contributed by atoms with Gasteiger partial charge in [-0.2, -0.15) is 15.0 Å². The number of hydrogen-bond acceptors (Lipinski definition) is 5. The van der Waals surface area contributed by atoms with Crippen molar-refractivity contribution in [3.63, 3.8) is 0 Å². The zero-order chi connectivity index (χ0) is 17.8. The Bertz CT molecular complexity index is 954. The van der Waals surface area contributed by atoms with E-state index < -0.39 is 0 Å². The lowest BCUT2D eigenvalue weighted by atomic mass is 10.1. The lowest BCUT2D eigenvalue weighted by molar-refractivity contribution is 1.04. The van der Waals surface area contributed by atoms with E-state index in [0.29, 0.717) is 5.82 Å². The molecule has 0 saturated carbocycles. The minimum atomic E-state index is 0.243. The van der Waals surface area contributed by atoms with Crippen LogP contribution in [-0.2, 0) is 0 Å². The minimum Gasteiger partial charge on any atom is -0.354 e. The second-order valence-corrected chi connectivity index (χ2v) is 5.45. The smallest absolute Gasteiger partial charge is 0.254 e. The summed E-state index contributed by atoms with van der Waals surface area (Å²) in [5, 5.41) is 0. The van der Waals surface area contributed by atoms with Crippen LogP contribution in [0.15, 0.2) is 46.9 Å². The van der Waals surface area contributed by atoms with Gasteiger partial charge in [0.05, 0.1) is 11.9 Å². The first-order chi connectivity index (χ1) is 12.1. The molecule has 25 heavy (non-hydrogen) atoms. The number of nitrogens with zero attached hydrogens (tertiary/aromatic N) is 5. The lowest BCUT2D eigenvalue weighted by Gasteiger charge is -2.01. The van der Waals surface area contributed by atoms with Gasteiger partial charge >= 0.3 is 0 Å². The zero-order valence-corrected chi connectivity index (χ0v) is 14.2. The largest absolute Gasteiger partial charge is 0.354 e. The van der Waals surface area contributed by atoms with Crippen LogP contribution >= 0.6 is 0 Å². The van der Waals surface area contributed by atoms with Gasteiger partial charge in [-0.3, -0.25) is 0 Å². The average Bonchev–Trinajstić information content (AvgIpc) is 2.94. The number of aliphatic imine (C=N–C) groups is 2. The van der Waals surface area contributed by atoms with Crippen LogP contribution in [0.25, 0.3) is 17.5 Å². The Kier molecular flexibility index (Phi) is 4.61. The van der Waals surface area contributed by atoms with Crippen molar-refractivity contribution in [3.8, 4) is 11.4 Å². The van der Waals surface area contributed by atoms with Gasteiger partial charge in [0.2, 0.25) is 0 Å². The van der Waals surface area contributed by atoms with Crippen LogP contribution < -0.4 is 0 Å². The molecule has 124 valence electrons. The van der Waals surface area contributed by atoms with E-state index in [9.17, 15) is 0 Å². The van der Waals surface area contributed by atoms with Crippen molar-refractivity contribution in [1.82, 2.24) is 19.9 Å². The van der Waals surface area contributed by atoms with Gasteiger partial charge in [-0.05, 0) is 37.8 Å². The van der Waals surface area contributed by atoms with Crippen molar-refractivity contribution in [2.24, 2.45) is 9.98 Å². The Morgan fingerprint density at radius 1 is 0.960 bits per heavy atom. The Morgan fingerprint density at radius 3 is 2.28 bits per heavy atom. The maximum Gasteiger partial charge on any atom is 0.254 e. The van der Waals surface area contributed by atoms with Crippen LogP contribution in [0.3, 0.4) is 0 Å². The van der Waals surface area contributed by atoms with Gasteiger partial charge in [-0.15, -0.1) is 0 Å². The van der Waals surface area contributed by atoms with Gasteiger partial charge in [0.15, 0.2) is 5.82 Å². The predicted octanol–water partition coefficient (Wildman–Crippen LogP) is 4.21. The molecule has 0 fully saturated rings. The second-order valence-electron chi connectivity index (χ2n) is 5.45. The summed E-state index contributed by atoms with van der Waals surface area (Å²) in [4.78, 5) is 24.3. The topological polar surface area (TPSA) is 79.2 Å². The van der Waals surface area contributed by atoms with Crippen molar-refractivity contribution in [1.29, 1.82) is 0 Å². The summed E-state index contributed by atoms with van der Waals surface area (Å²) in [5.41, 5.74) is 4.99. The third kappa shape index (κ3) is 3.42. The Balaban J connectivity index is 2.00. The number of benzene rings is 1. The summed E-state index contributed by atoms with van der Waals surface area (Å²) < 4.78 is 0. The van der Waals surface area contributed by atoms with E-state index in [0.717, 1.165) is 28.1 Å². The van der Waals surface area contributed by atoms with Crippen molar-refractivity contribution in [2.75, 3.05) is 0 Å². The van der Waals surface area contributed by atoms with Gasteiger partial charge in [0.1, 0.15) is 0 Å². The Morgan fingerprint density at radius 2 is 1.64 bits per heavy atom. The monoisotopic (exact) mass is 330 g/mol. The molecule has 2 heterocycles. The highest BCUT2D eigenvalue weighted by atomic mass is 15.2. The number of aromatic amines is 1. The van der Waals surface area contributed by atoms with Gasteiger partial charge in [-0.1, -0.05) is 36.9 Å². The molecular weight excluding hydrogens is 312 g/mol. The second kappa shape index (κ2) is 7.00. The maximum absolute atomic E-state index is 4.40. The van der Waals surface area contributed by atoms with E-state index in [-0.39, 0.29) is 11.9 Å². The van der Waals surface area contributed by atoms with Crippen LogP contribution in [-0.4, -0.2) is 32.9 Å². The SMILES string of the molecule is C=Cc1[nH]c(C=Nc2nc(N=C)nc(-c3ccccc3)n2)c(C)c1C. The molecule has 0 amide bonds. The Hall–Kier alpha value is -3.41. The summed E-state index contributed by atoms with van der Waals surface area (Å²) in [6.07, 6.45) is 3.49. The van der Waals surface area contributed by atoms with Crippen LogP contribution in [0.4, 0.5) is 11.9 Å². The van der Waals surface area contributed by atoms with Crippen LogP contribution in [0.5, 0.6) is 0 Å². The molecule has 3 aromatic rings. The molecular formula is C19H18N6. The zero-order valence-electron chi connectivity index (χ0n) is 14.2. The first kappa shape index (κ1) is 16.4. The highest BCUT2D eigenvalue weighted by molar-refractivity contribution is 5.83. The fraction of sp³-hybridized carbons (Fsp3) is 0.105. The molecule has 0 aliphatic rings. The van der Waals surface area contributed by atoms with Crippen LogP contribution in [0.2, 0.25) is 0 Å². The lowest BCUT2D eigenvalue weighted by Crippen LogP contribution is -1.93. The number of nitrogens with one attached hydrogen (secondary N) is 1. The summed E-state index contributed by atoms with van der Waals surface area (Å²) in [7, 11) is 0. The molecule has 6 nitrogen and oxygen atoms in total. The third-order valence-electron chi connectivity index (χ3n) is 3.94. The van der Waals surface area contributed by atoms with Gasteiger partial charge in [-0.25, -0.2) is 9.98 Å². The summed E-state index contributed by atoms with van der Waals surface area (Å²) in [6, 6.07) is 9.62. The van der Waals surface area contributed by atoms with E-state index in [2.05, 4.69) is 43.2 Å². The van der Waals surface area contributed by atoms with Crippen molar-refractivity contribution >= 4 is 30.9 Å². The first-order valence-electron chi connectivity index (χ1n) is 7.76. The normalized spacial score (nSPS) is 11.0. The van der Waals surface area contributed by atoms with E-state index in [1.807, 2.05) is 44.2 Å². The van der Waals surface area contributed by atoms with Gasteiger partial charge < -0.3 is 4.98 Å². The summed E-state index contributed by atoms with van der Waals surface area (Å²) in [6.45, 7) is 11.4.